The molecular weight excluding hydrogens is 660 g/mol. The van der Waals surface area contributed by atoms with Crippen LogP contribution in [-0.2, 0) is 42.8 Å². The standard InChI is InChI=1S/C18H24O5.C16H22O4.C4H6O3.CH4/c1-5-15-12(2)18(4,17(23-15)22-13(3)19)11-21-16(20)14-9-7-6-8-10-14;1-4-13-11(2)16(3,15(18)20-13)10-19-14(17)12-8-6-5-7-9-12;1-3(5)7-4(2)6;/h6-10,12,15,17H,5,11H2,1-4H3;5-9,11,13,15,18H,4,10H2,1-3H3;1-2H3;1H4/t12-,15-,17?,18-;11-,13-,15?,16-;;/m11../s1. The van der Waals surface area contributed by atoms with Crippen molar-refractivity contribution < 1.29 is 57.5 Å². The molecule has 0 bridgehead atoms. The summed E-state index contributed by atoms with van der Waals surface area (Å²) in [6.45, 7) is 15.9. The highest BCUT2D eigenvalue weighted by atomic mass is 16.7. The van der Waals surface area contributed by atoms with E-state index >= 15 is 0 Å². The van der Waals surface area contributed by atoms with Gasteiger partial charge in [0, 0.05) is 20.8 Å². The molecule has 0 aromatic heterocycles. The van der Waals surface area contributed by atoms with E-state index in [1.807, 2.05) is 53.7 Å². The second-order valence-electron chi connectivity index (χ2n) is 13.0. The largest absolute Gasteiger partial charge is 0.461 e. The van der Waals surface area contributed by atoms with E-state index in [0.29, 0.717) is 11.1 Å². The molecule has 2 saturated heterocycles. The molecule has 0 amide bonds. The SMILES string of the molecule is C.CC(=O)OC(C)=O.CC[C@H]1OC(O)[C@](C)(COC(=O)c2ccccc2)[C@@H]1C.CC[C@H]1OC(OC(C)=O)[C@](C)(COC(=O)c2ccccc2)[C@@H]1C. The lowest BCUT2D eigenvalue weighted by atomic mass is 9.77. The number of carbonyl (C=O) groups excluding carboxylic acids is 5. The Labute approximate surface area is 302 Å². The van der Waals surface area contributed by atoms with Gasteiger partial charge in [-0.15, -0.1) is 0 Å². The molecule has 2 unspecified atom stereocenters. The zero-order chi connectivity index (χ0) is 37.6. The Morgan fingerprint density at radius 1 is 0.667 bits per heavy atom. The van der Waals surface area contributed by atoms with Crippen molar-refractivity contribution in [3.05, 3.63) is 71.8 Å². The molecule has 2 aromatic rings. The highest BCUT2D eigenvalue weighted by Gasteiger charge is 2.53. The highest BCUT2D eigenvalue weighted by Crippen LogP contribution is 2.46. The number of aliphatic hydroxyl groups excluding tert-OH is 1. The van der Waals surface area contributed by atoms with Crippen LogP contribution in [0.4, 0.5) is 0 Å². The first-order valence-electron chi connectivity index (χ1n) is 16.8. The van der Waals surface area contributed by atoms with Crippen LogP contribution in [0.2, 0.25) is 0 Å². The molecule has 2 fully saturated rings. The fraction of sp³-hybridized carbons (Fsp3) is 0.564. The minimum atomic E-state index is -0.897. The van der Waals surface area contributed by atoms with Crippen molar-refractivity contribution in [3.63, 3.8) is 0 Å². The average Bonchev–Trinajstić information content (AvgIpc) is 3.45. The number of ether oxygens (including phenoxy) is 6. The van der Waals surface area contributed by atoms with Crippen molar-refractivity contribution in [2.75, 3.05) is 13.2 Å². The molecule has 2 aromatic carbocycles. The minimum absolute atomic E-state index is 0. The van der Waals surface area contributed by atoms with Crippen LogP contribution < -0.4 is 0 Å². The molecule has 0 spiro atoms. The van der Waals surface area contributed by atoms with Gasteiger partial charge in [-0.2, -0.15) is 0 Å². The Morgan fingerprint density at radius 3 is 1.41 bits per heavy atom. The van der Waals surface area contributed by atoms with Gasteiger partial charge in [-0.1, -0.05) is 78.4 Å². The first-order chi connectivity index (χ1) is 23.5. The monoisotopic (exact) mass is 716 g/mol. The Bertz CT molecular complexity index is 1400. The van der Waals surface area contributed by atoms with E-state index in [2.05, 4.69) is 4.74 Å². The second-order valence-corrected chi connectivity index (χ2v) is 13.0. The van der Waals surface area contributed by atoms with Crippen LogP contribution in [0.5, 0.6) is 0 Å². The van der Waals surface area contributed by atoms with Crippen molar-refractivity contribution >= 4 is 29.8 Å². The molecule has 1 N–H and O–H groups in total. The van der Waals surface area contributed by atoms with Crippen LogP contribution in [0.25, 0.3) is 0 Å². The lowest BCUT2D eigenvalue weighted by molar-refractivity contribution is -0.192. The number of rotatable bonds is 9. The summed E-state index contributed by atoms with van der Waals surface area (Å²) in [4.78, 5) is 55.1. The van der Waals surface area contributed by atoms with Gasteiger partial charge in [-0.3, -0.25) is 14.4 Å². The van der Waals surface area contributed by atoms with Crippen LogP contribution in [0, 0.1) is 22.7 Å². The molecule has 51 heavy (non-hydrogen) atoms. The zero-order valence-electron chi connectivity index (χ0n) is 30.5. The third-order valence-electron chi connectivity index (χ3n) is 9.31. The van der Waals surface area contributed by atoms with Crippen LogP contribution in [0.1, 0.15) is 103 Å². The van der Waals surface area contributed by atoms with Gasteiger partial charge in [0.05, 0.1) is 34.2 Å². The summed E-state index contributed by atoms with van der Waals surface area (Å²) in [6, 6.07) is 17.7. The van der Waals surface area contributed by atoms with Gasteiger partial charge in [-0.05, 0) is 55.9 Å². The fourth-order valence-corrected chi connectivity index (χ4v) is 5.73. The maximum atomic E-state index is 12.2. The fourth-order valence-electron chi connectivity index (χ4n) is 5.73. The molecule has 8 atom stereocenters. The number of carbonyl (C=O) groups is 5. The van der Waals surface area contributed by atoms with Gasteiger partial charge in [0.25, 0.3) is 0 Å². The molecular formula is C39H56O12. The molecule has 2 aliphatic rings. The van der Waals surface area contributed by atoms with Crippen molar-refractivity contribution in [2.24, 2.45) is 22.7 Å². The molecule has 0 radical (unpaired) electrons. The summed E-state index contributed by atoms with van der Waals surface area (Å²) in [6.07, 6.45) is 0.0152. The number of benzene rings is 2. The summed E-state index contributed by atoms with van der Waals surface area (Å²) in [5.74, 6) is -2.06. The van der Waals surface area contributed by atoms with E-state index in [0.717, 1.165) is 12.8 Å². The maximum absolute atomic E-state index is 12.2. The van der Waals surface area contributed by atoms with Crippen molar-refractivity contribution in [1.82, 2.24) is 0 Å². The van der Waals surface area contributed by atoms with Gasteiger partial charge < -0.3 is 33.5 Å². The summed E-state index contributed by atoms with van der Waals surface area (Å²) in [7, 11) is 0. The van der Waals surface area contributed by atoms with Crippen molar-refractivity contribution in [2.45, 2.75) is 107 Å². The Kier molecular flexibility index (Phi) is 18.2. The summed E-state index contributed by atoms with van der Waals surface area (Å²) in [5, 5.41) is 10.1. The zero-order valence-corrected chi connectivity index (χ0v) is 30.5. The van der Waals surface area contributed by atoms with Gasteiger partial charge in [0.15, 0.2) is 6.29 Å². The van der Waals surface area contributed by atoms with Crippen molar-refractivity contribution in [3.8, 4) is 0 Å². The van der Waals surface area contributed by atoms with Crippen LogP contribution >= 0.6 is 0 Å². The Hall–Kier alpha value is -4.13. The van der Waals surface area contributed by atoms with Crippen LogP contribution in [0.3, 0.4) is 0 Å². The number of aliphatic hydroxyl groups is 1. The third kappa shape index (κ3) is 12.6. The molecule has 12 nitrogen and oxygen atoms in total. The summed E-state index contributed by atoms with van der Waals surface area (Å²) >= 11 is 0. The summed E-state index contributed by atoms with van der Waals surface area (Å²) < 4.78 is 31.5. The lowest BCUT2D eigenvalue weighted by Crippen LogP contribution is -2.40. The van der Waals surface area contributed by atoms with E-state index in [-0.39, 0.29) is 56.6 Å². The molecule has 0 saturated carbocycles. The maximum Gasteiger partial charge on any atom is 0.338 e. The number of hydrogen-bond donors (Lipinski definition) is 1. The molecule has 284 valence electrons. The van der Waals surface area contributed by atoms with E-state index in [9.17, 15) is 29.1 Å². The number of hydrogen-bond acceptors (Lipinski definition) is 12. The van der Waals surface area contributed by atoms with Crippen LogP contribution in [-0.4, -0.2) is 73.0 Å². The molecule has 2 aliphatic heterocycles. The Balaban J connectivity index is 0.000000426. The van der Waals surface area contributed by atoms with E-state index in [1.54, 1.807) is 48.5 Å². The van der Waals surface area contributed by atoms with Crippen molar-refractivity contribution in [1.29, 1.82) is 0 Å². The van der Waals surface area contributed by atoms with E-state index in [4.69, 9.17) is 23.7 Å². The highest BCUT2D eigenvalue weighted by molar-refractivity contribution is 5.89. The smallest absolute Gasteiger partial charge is 0.338 e. The topological polar surface area (TPSA) is 161 Å². The first kappa shape index (κ1) is 44.9. The minimum Gasteiger partial charge on any atom is -0.461 e. The van der Waals surface area contributed by atoms with Gasteiger partial charge in [-0.25, -0.2) is 9.59 Å². The predicted molar refractivity (Wildman–Crippen MR) is 189 cm³/mol. The van der Waals surface area contributed by atoms with Gasteiger partial charge in [0.1, 0.15) is 13.2 Å². The molecule has 2 heterocycles. The lowest BCUT2D eigenvalue weighted by Gasteiger charge is -2.32. The predicted octanol–water partition coefficient (Wildman–Crippen LogP) is 6.53. The third-order valence-corrected chi connectivity index (χ3v) is 9.31. The van der Waals surface area contributed by atoms with Crippen LogP contribution in [0.15, 0.2) is 60.7 Å². The Morgan fingerprint density at radius 2 is 1.06 bits per heavy atom. The van der Waals surface area contributed by atoms with E-state index < -0.39 is 41.3 Å². The molecule has 4 rings (SSSR count). The second kappa shape index (κ2) is 20.7. The molecule has 12 heteroatoms. The van der Waals surface area contributed by atoms with E-state index in [1.165, 1.54) is 20.8 Å². The quantitative estimate of drug-likeness (QED) is 0.170. The normalized spacial score (nSPS) is 27.6. The first-order valence-corrected chi connectivity index (χ1v) is 16.8. The molecule has 0 aliphatic carbocycles. The number of esters is 5. The van der Waals surface area contributed by atoms with Gasteiger partial charge >= 0.3 is 29.8 Å². The average molecular weight is 717 g/mol. The summed E-state index contributed by atoms with van der Waals surface area (Å²) in [5.41, 5.74) is -0.120. The van der Waals surface area contributed by atoms with Gasteiger partial charge in [0.2, 0.25) is 6.29 Å².